The van der Waals surface area contributed by atoms with Crippen molar-refractivity contribution in [3.05, 3.63) is 35.9 Å². The summed E-state index contributed by atoms with van der Waals surface area (Å²) >= 11 is 0. The second-order valence-corrected chi connectivity index (χ2v) is 5.33. The number of ether oxygens (including phenoxy) is 2. The Morgan fingerprint density at radius 2 is 2.09 bits per heavy atom. The first kappa shape index (κ1) is 17.2. The molecule has 1 aromatic carbocycles. The number of carboxylic acid groups (broad SMARTS) is 1. The molecule has 0 aromatic heterocycles. The van der Waals surface area contributed by atoms with Gasteiger partial charge in [0.15, 0.2) is 6.29 Å². The van der Waals surface area contributed by atoms with Crippen molar-refractivity contribution in [2.24, 2.45) is 0 Å². The molecule has 1 aliphatic rings. The van der Waals surface area contributed by atoms with E-state index in [2.05, 4.69) is 10.6 Å². The van der Waals surface area contributed by atoms with E-state index in [0.29, 0.717) is 13.2 Å². The van der Waals surface area contributed by atoms with Gasteiger partial charge in [-0.1, -0.05) is 30.3 Å². The Hall–Kier alpha value is -2.12. The van der Waals surface area contributed by atoms with E-state index in [1.54, 1.807) is 0 Å². The zero-order valence-electron chi connectivity index (χ0n) is 12.9. The smallest absolute Gasteiger partial charge is 0.405 e. The molecular weight excluding hydrogens is 300 g/mol. The average molecular weight is 322 g/mol. The van der Waals surface area contributed by atoms with Gasteiger partial charge in [-0.25, -0.2) is 4.79 Å². The summed E-state index contributed by atoms with van der Waals surface area (Å²) in [6.45, 7) is 0.900. The van der Waals surface area contributed by atoms with Gasteiger partial charge in [-0.2, -0.15) is 0 Å². The van der Waals surface area contributed by atoms with E-state index in [9.17, 15) is 9.59 Å². The summed E-state index contributed by atoms with van der Waals surface area (Å²) in [6.07, 6.45) is 1.11. The number of nitrogens with one attached hydrogen (secondary N) is 2. The molecule has 0 saturated carbocycles. The van der Waals surface area contributed by atoms with Gasteiger partial charge in [0, 0.05) is 13.2 Å². The van der Waals surface area contributed by atoms with Crippen molar-refractivity contribution < 1.29 is 24.2 Å². The third-order valence-corrected chi connectivity index (χ3v) is 3.51. The highest BCUT2D eigenvalue weighted by atomic mass is 16.7. The van der Waals surface area contributed by atoms with Crippen LogP contribution in [-0.4, -0.2) is 42.7 Å². The molecule has 126 valence electrons. The molecule has 1 unspecified atom stereocenters. The molecule has 1 fully saturated rings. The Balaban J connectivity index is 1.83. The van der Waals surface area contributed by atoms with Crippen LogP contribution in [0, 0.1) is 0 Å². The van der Waals surface area contributed by atoms with E-state index in [-0.39, 0.29) is 12.9 Å². The minimum absolute atomic E-state index is 0.0579. The Bertz CT molecular complexity index is 502. The van der Waals surface area contributed by atoms with Gasteiger partial charge in [0.1, 0.15) is 6.04 Å². The molecular formula is C16H22N2O5. The first-order valence-corrected chi connectivity index (χ1v) is 7.69. The highest BCUT2D eigenvalue weighted by molar-refractivity contribution is 5.85. The van der Waals surface area contributed by atoms with Crippen LogP contribution in [0.4, 0.5) is 4.79 Å². The SMILES string of the molecule is O=C(O)NC(CO[C@@H]1CCCCO1)C(=O)NCc1ccccc1. The molecule has 1 heterocycles. The maximum Gasteiger partial charge on any atom is 0.405 e. The van der Waals surface area contributed by atoms with Crippen LogP contribution in [-0.2, 0) is 20.8 Å². The van der Waals surface area contributed by atoms with Gasteiger partial charge in [-0.15, -0.1) is 0 Å². The number of carbonyl (C=O) groups excluding carboxylic acids is 1. The van der Waals surface area contributed by atoms with Gasteiger partial charge in [0.05, 0.1) is 6.61 Å². The lowest BCUT2D eigenvalue weighted by molar-refractivity contribution is -0.167. The van der Waals surface area contributed by atoms with Gasteiger partial charge < -0.3 is 25.2 Å². The molecule has 7 nitrogen and oxygen atoms in total. The van der Waals surface area contributed by atoms with Crippen LogP contribution in [0.3, 0.4) is 0 Å². The molecule has 0 radical (unpaired) electrons. The lowest BCUT2D eigenvalue weighted by Crippen LogP contribution is -2.49. The molecule has 3 N–H and O–H groups in total. The predicted molar refractivity (Wildman–Crippen MR) is 82.8 cm³/mol. The fraction of sp³-hybridized carbons (Fsp3) is 0.500. The Kier molecular flexibility index (Phi) is 6.83. The zero-order valence-corrected chi connectivity index (χ0v) is 12.9. The number of rotatable bonds is 7. The Labute approximate surface area is 135 Å². The Morgan fingerprint density at radius 3 is 2.74 bits per heavy atom. The molecule has 7 heteroatoms. The summed E-state index contributed by atoms with van der Waals surface area (Å²) in [7, 11) is 0. The number of hydrogen-bond donors (Lipinski definition) is 3. The Morgan fingerprint density at radius 1 is 1.30 bits per heavy atom. The number of amides is 2. The lowest BCUT2D eigenvalue weighted by Gasteiger charge is -2.25. The second-order valence-electron chi connectivity index (χ2n) is 5.33. The van der Waals surface area contributed by atoms with E-state index < -0.39 is 18.0 Å². The van der Waals surface area contributed by atoms with Crippen molar-refractivity contribution in [2.45, 2.75) is 38.1 Å². The van der Waals surface area contributed by atoms with Crippen molar-refractivity contribution in [1.82, 2.24) is 10.6 Å². The molecule has 0 bridgehead atoms. The van der Waals surface area contributed by atoms with Gasteiger partial charge in [0.25, 0.3) is 0 Å². The largest absolute Gasteiger partial charge is 0.465 e. The molecule has 2 amide bonds. The highest BCUT2D eigenvalue weighted by Gasteiger charge is 2.23. The van der Waals surface area contributed by atoms with Gasteiger partial charge >= 0.3 is 6.09 Å². The normalized spacial score (nSPS) is 18.9. The van der Waals surface area contributed by atoms with Crippen molar-refractivity contribution in [3.63, 3.8) is 0 Å². The number of hydrogen-bond acceptors (Lipinski definition) is 4. The highest BCUT2D eigenvalue weighted by Crippen LogP contribution is 2.13. The topological polar surface area (TPSA) is 96.9 Å². The molecule has 2 rings (SSSR count). The van der Waals surface area contributed by atoms with Crippen LogP contribution >= 0.6 is 0 Å². The third kappa shape index (κ3) is 6.25. The molecule has 1 aliphatic heterocycles. The van der Waals surface area contributed by atoms with E-state index in [4.69, 9.17) is 14.6 Å². The van der Waals surface area contributed by atoms with E-state index in [0.717, 1.165) is 24.8 Å². The minimum atomic E-state index is -1.27. The van der Waals surface area contributed by atoms with Crippen molar-refractivity contribution in [1.29, 1.82) is 0 Å². The third-order valence-electron chi connectivity index (χ3n) is 3.51. The summed E-state index contributed by atoms with van der Waals surface area (Å²) in [5.41, 5.74) is 0.937. The lowest BCUT2D eigenvalue weighted by atomic mass is 10.2. The molecule has 0 spiro atoms. The maximum absolute atomic E-state index is 12.2. The summed E-state index contributed by atoms with van der Waals surface area (Å²) in [4.78, 5) is 23.0. The van der Waals surface area contributed by atoms with Gasteiger partial charge in [-0.05, 0) is 24.8 Å². The van der Waals surface area contributed by atoms with E-state index in [1.165, 1.54) is 0 Å². The summed E-state index contributed by atoms with van der Waals surface area (Å²) < 4.78 is 10.9. The summed E-state index contributed by atoms with van der Waals surface area (Å²) in [6, 6.07) is 8.42. The minimum Gasteiger partial charge on any atom is -0.465 e. The predicted octanol–water partition coefficient (Wildman–Crippen LogP) is 1.48. The van der Waals surface area contributed by atoms with Crippen LogP contribution in [0.1, 0.15) is 24.8 Å². The zero-order chi connectivity index (χ0) is 16.5. The van der Waals surface area contributed by atoms with Crippen LogP contribution in [0.25, 0.3) is 0 Å². The fourth-order valence-corrected chi connectivity index (χ4v) is 2.29. The molecule has 1 saturated heterocycles. The van der Waals surface area contributed by atoms with Crippen molar-refractivity contribution in [3.8, 4) is 0 Å². The standard InChI is InChI=1S/C16H22N2O5/c19-15(17-10-12-6-2-1-3-7-12)13(18-16(20)21)11-23-14-8-4-5-9-22-14/h1-3,6-7,13-14,18H,4-5,8-11H2,(H,17,19)(H,20,21)/t13?,14-/m1/s1. The van der Waals surface area contributed by atoms with Crippen LogP contribution in [0.15, 0.2) is 30.3 Å². The van der Waals surface area contributed by atoms with Gasteiger partial charge in [0.2, 0.25) is 5.91 Å². The van der Waals surface area contributed by atoms with Crippen LogP contribution < -0.4 is 10.6 Å². The van der Waals surface area contributed by atoms with E-state index in [1.807, 2.05) is 30.3 Å². The number of carbonyl (C=O) groups is 2. The van der Waals surface area contributed by atoms with Crippen LogP contribution in [0.5, 0.6) is 0 Å². The molecule has 0 aliphatic carbocycles. The molecule has 2 atom stereocenters. The quantitative estimate of drug-likeness (QED) is 0.706. The average Bonchev–Trinajstić information content (AvgIpc) is 2.58. The summed E-state index contributed by atoms with van der Waals surface area (Å²) in [5, 5.41) is 13.8. The van der Waals surface area contributed by atoms with Crippen molar-refractivity contribution >= 4 is 12.0 Å². The van der Waals surface area contributed by atoms with Crippen LogP contribution in [0.2, 0.25) is 0 Å². The van der Waals surface area contributed by atoms with Gasteiger partial charge in [-0.3, -0.25) is 4.79 Å². The maximum atomic E-state index is 12.2. The first-order valence-electron chi connectivity index (χ1n) is 7.69. The first-order chi connectivity index (χ1) is 11.1. The number of benzene rings is 1. The molecule has 1 aromatic rings. The fourth-order valence-electron chi connectivity index (χ4n) is 2.29. The van der Waals surface area contributed by atoms with E-state index >= 15 is 0 Å². The molecule has 23 heavy (non-hydrogen) atoms. The summed E-state index contributed by atoms with van der Waals surface area (Å²) in [5.74, 6) is -0.424. The second kappa shape index (κ2) is 9.12. The van der Waals surface area contributed by atoms with Crippen molar-refractivity contribution in [2.75, 3.05) is 13.2 Å². The monoisotopic (exact) mass is 322 g/mol.